The SMILES string of the molecule is CN1c2nc(Cl)ncc2OCC1c1ccc(F)cc1F.Cc1cc(-c2ccc(N)cc2F)ccn1.Cc1cc(-c2ccc(Nc3ncc4c(n3)N(C)C(c3ccc(F)cc3F)CO4)cc2F)ccn1. The third kappa shape index (κ3) is 10.9. The molecular formula is C50H41ClF6N10O2. The second-order valence-electron chi connectivity index (χ2n) is 15.8. The zero-order chi connectivity index (χ0) is 48.9. The van der Waals surface area contributed by atoms with E-state index in [2.05, 4.69) is 35.2 Å². The monoisotopic (exact) mass is 962 g/mol. The molecule has 19 heteroatoms. The molecule has 4 aromatic heterocycles. The molecule has 0 saturated heterocycles. The van der Waals surface area contributed by atoms with Crippen molar-refractivity contribution in [3.63, 3.8) is 0 Å². The van der Waals surface area contributed by atoms with Crippen LogP contribution in [0.2, 0.25) is 5.28 Å². The van der Waals surface area contributed by atoms with Gasteiger partial charge in [-0.05, 0) is 109 Å². The van der Waals surface area contributed by atoms with Crippen molar-refractivity contribution in [2.45, 2.75) is 25.9 Å². The molecule has 4 aromatic carbocycles. The first kappa shape index (κ1) is 47.5. The highest BCUT2D eigenvalue weighted by atomic mass is 35.5. The number of fused-ring (bicyclic) bond motifs is 2. The van der Waals surface area contributed by atoms with Crippen LogP contribution in [0.15, 0.2) is 122 Å². The molecule has 0 radical (unpaired) electrons. The Bertz CT molecular complexity index is 3170. The molecule has 8 aromatic rings. The normalized spacial score (nSPS) is 14.7. The number of nitrogens with two attached hydrogens (primary N) is 1. The minimum atomic E-state index is -0.656. The molecule has 2 atom stereocenters. The van der Waals surface area contributed by atoms with Crippen molar-refractivity contribution in [2.75, 3.05) is 48.2 Å². The molecule has 2 aliphatic heterocycles. The van der Waals surface area contributed by atoms with Crippen molar-refractivity contribution < 1.29 is 35.8 Å². The highest BCUT2D eigenvalue weighted by Crippen LogP contribution is 2.39. The van der Waals surface area contributed by atoms with E-state index < -0.39 is 41.2 Å². The van der Waals surface area contributed by atoms with Gasteiger partial charge >= 0.3 is 0 Å². The van der Waals surface area contributed by atoms with Crippen molar-refractivity contribution in [2.24, 2.45) is 0 Å². The number of nitrogens with one attached hydrogen (secondary N) is 1. The Kier molecular flexibility index (Phi) is 14.1. The van der Waals surface area contributed by atoms with Crippen LogP contribution in [0.1, 0.15) is 34.6 Å². The number of pyridine rings is 2. The van der Waals surface area contributed by atoms with Crippen LogP contribution in [0.4, 0.5) is 55.3 Å². The van der Waals surface area contributed by atoms with Crippen LogP contribution in [-0.2, 0) is 0 Å². The summed E-state index contributed by atoms with van der Waals surface area (Å²) in [6.07, 6.45) is 6.28. The summed E-state index contributed by atoms with van der Waals surface area (Å²) in [6, 6.07) is 22.7. The molecule has 0 spiro atoms. The third-order valence-corrected chi connectivity index (χ3v) is 11.3. The molecule has 0 bridgehead atoms. The summed E-state index contributed by atoms with van der Waals surface area (Å²) < 4.78 is 94.2. The second kappa shape index (κ2) is 20.5. The van der Waals surface area contributed by atoms with Crippen LogP contribution in [0.25, 0.3) is 22.3 Å². The predicted molar refractivity (Wildman–Crippen MR) is 251 cm³/mol. The van der Waals surface area contributed by atoms with Gasteiger partial charge in [-0.2, -0.15) is 9.97 Å². The summed E-state index contributed by atoms with van der Waals surface area (Å²) in [5.74, 6) is -1.19. The van der Waals surface area contributed by atoms with E-state index in [1.807, 2.05) is 26.0 Å². The van der Waals surface area contributed by atoms with Gasteiger partial charge < -0.3 is 30.3 Å². The van der Waals surface area contributed by atoms with E-state index in [9.17, 15) is 26.3 Å². The van der Waals surface area contributed by atoms with Gasteiger partial charge in [-0.25, -0.2) is 36.3 Å². The van der Waals surface area contributed by atoms with Crippen molar-refractivity contribution in [1.29, 1.82) is 0 Å². The number of ether oxygens (including phenoxy) is 2. The summed E-state index contributed by atoms with van der Waals surface area (Å²) in [4.78, 5) is 28.3. The van der Waals surface area contributed by atoms with Gasteiger partial charge in [0, 0.05) is 83.6 Å². The highest BCUT2D eigenvalue weighted by molar-refractivity contribution is 6.28. The number of benzene rings is 4. The van der Waals surface area contributed by atoms with Gasteiger partial charge in [-0.3, -0.25) is 9.97 Å². The van der Waals surface area contributed by atoms with Gasteiger partial charge in [-0.1, -0.05) is 12.1 Å². The topological polar surface area (TPSA) is 140 Å². The largest absolute Gasteiger partial charge is 0.486 e. The molecule has 69 heavy (non-hydrogen) atoms. The lowest BCUT2D eigenvalue weighted by Crippen LogP contribution is -2.35. The summed E-state index contributed by atoms with van der Waals surface area (Å²) in [5.41, 5.74) is 11.2. The van der Waals surface area contributed by atoms with Crippen molar-refractivity contribution in [1.82, 2.24) is 29.9 Å². The van der Waals surface area contributed by atoms with Crippen molar-refractivity contribution in [3.05, 3.63) is 185 Å². The molecule has 3 N–H and O–H groups in total. The van der Waals surface area contributed by atoms with E-state index in [0.29, 0.717) is 56.8 Å². The van der Waals surface area contributed by atoms with Crippen LogP contribution in [0, 0.1) is 48.8 Å². The maximum atomic E-state index is 14.8. The molecule has 2 aliphatic rings. The number of hydrogen-bond donors (Lipinski definition) is 2. The third-order valence-electron chi connectivity index (χ3n) is 11.1. The smallest absolute Gasteiger partial charge is 0.229 e. The van der Waals surface area contributed by atoms with Crippen LogP contribution < -0.4 is 30.3 Å². The average Bonchev–Trinajstić information content (AvgIpc) is 3.31. The highest BCUT2D eigenvalue weighted by Gasteiger charge is 2.31. The molecule has 2 unspecified atom stereocenters. The first-order valence-electron chi connectivity index (χ1n) is 21.1. The van der Waals surface area contributed by atoms with Gasteiger partial charge in [0.2, 0.25) is 11.2 Å². The van der Waals surface area contributed by atoms with Crippen LogP contribution in [-0.4, -0.2) is 57.2 Å². The Labute approximate surface area is 397 Å². The number of hydrogen-bond acceptors (Lipinski definition) is 12. The number of nitrogens with zero attached hydrogens (tertiary/aromatic N) is 8. The van der Waals surface area contributed by atoms with Crippen molar-refractivity contribution in [3.8, 4) is 33.8 Å². The van der Waals surface area contributed by atoms with E-state index in [-0.39, 0.29) is 30.3 Å². The maximum absolute atomic E-state index is 14.8. The lowest BCUT2D eigenvalue weighted by molar-refractivity contribution is 0.262. The van der Waals surface area contributed by atoms with Gasteiger partial charge in [-0.15, -0.1) is 0 Å². The number of aromatic nitrogens is 6. The first-order chi connectivity index (χ1) is 33.1. The minimum absolute atomic E-state index is 0.0828. The molecule has 0 aliphatic carbocycles. The first-order valence-corrected chi connectivity index (χ1v) is 21.5. The molecule has 0 saturated carbocycles. The Morgan fingerprint density at radius 3 is 1.59 bits per heavy atom. The number of nitrogen functional groups attached to an aromatic ring is 1. The van der Waals surface area contributed by atoms with Gasteiger partial charge in [0.15, 0.2) is 23.1 Å². The van der Waals surface area contributed by atoms with E-state index in [1.54, 1.807) is 72.7 Å². The van der Waals surface area contributed by atoms with Crippen LogP contribution in [0.3, 0.4) is 0 Å². The molecule has 0 fully saturated rings. The van der Waals surface area contributed by atoms with Gasteiger partial charge in [0.25, 0.3) is 0 Å². The number of anilines is 5. The Morgan fingerprint density at radius 1 is 0.580 bits per heavy atom. The van der Waals surface area contributed by atoms with E-state index in [0.717, 1.165) is 34.6 Å². The zero-order valence-electron chi connectivity index (χ0n) is 37.2. The molecule has 0 amide bonds. The summed E-state index contributed by atoms with van der Waals surface area (Å²) in [6.45, 7) is 4.10. The number of likely N-dealkylation sites (N-methyl/N-ethyl adjacent to an activating group) is 2. The second-order valence-corrected chi connectivity index (χ2v) is 16.2. The van der Waals surface area contributed by atoms with Gasteiger partial charge in [0.05, 0.1) is 24.5 Å². The molecular weight excluding hydrogens is 922 g/mol. The fourth-order valence-electron chi connectivity index (χ4n) is 7.62. The van der Waals surface area contributed by atoms with Crippen LogP contribution in [0.5, 0.6) is 11.5 Å². The van der Waals surface area contributed by atoms with Gasteiger partial charge in [0.1, 0.15) is 48.1 Å². The Hall–Kier alpha value is -7.99. The summed E-state index contributed by atoms with van der Waals surface area (Å²) in [5, 5.41) is 3.08. The number of rotatable bonds is 6. The fraction of sp³-hybridized carbons (Fsp3) is 0.160. The van der Waals surface area contributed by atoms with Crippen molar-refractivity contribution >= 4 is 40.6 Å². The summed E-state index contributed by atoms with van der Waals surface area (Å²) in [7, 11) is 3.49. The molecule has 352 valence electrons. The van der Waals surface area contributed by atoms with E-state index in [4.69, 9.17) is 26.8 Å². The van der Waals surface area contributed by atoms with Crippen LogP contribution >= 0.6 is 11.6 Å². The summed E-state index contributed by atoms with van der Waals surface area (Å²) >= 11 is 5.76. The number of halogens is 7. The van der Waals surface area contributed by atoms with E-state index in [1.165, 1.54) is 48.8 Å². The number of aryl methyl sites for hydroxylation is 2. The standard InChI is InChI=1S/C25H20F3N5O.C13H10ClF2N3O.C12H11FN2/c1-14-9-15(7-8-29-14)18-6-4-17(11-21(18)28)31-25-30-12-23-24(32-25)33(2)22(13-34-23)19-5-3-16(26)10-20(19)27;1-19-10(8-3-2-7(15)4-9(8)16)6-20-11-5-17-13(14)18-12(11)19;1-8-6-9(4-5-15-8)11-3-2-10(14)7-12(11)13/h3-12,22H,13H2,1-2H3,(H,30,31,32);2-5,10H,6H2,1H3;2-7H,14H2,1H3. The quantitative estimate of drug-likeness (QED) is 0.0931. The van der Waals surface area contributed by atoms with E-state index >= 15 is 0 Å². The molecule has 12 nitrogen and oxygen atoms in total. The molecule has 10 rings (SSSR count). The lowest BCUT2D eigenvalue weighted by atomic mass is 10.0. The molecule has 6 heterocycles. The average molecular weight is 963 g/mol. The lowest BCUT2D eigenvalue weighted by Gasteiger charge is -2.35. The Balaban J connectivity index is 0.000000155. The predicted octanol–water partition coefficient (Wildman–Crippen LogP) is 11.3. The Morgan fingerprint density at radius 2 is 1.09 bits per heavy atom. The zero-order valence-corrected chi connectivity index (χ0v) is 38.0. The fourth-order valence-corrected chi connectivity index (χ4v) is 7.75. The maximum Gasteiger partial charge on any atom is 0.229 e. The minimum Gasteiger partial charge on any atom is -0.486 e.